The summed E-state index contributed by atoms with van der Waals surface area (Å²) in [5.74, 6) is 0.350. The molecule has 0 bridgehead atoms. The molecule has 4 nitrogen and oxygen atoms in total. The Bertz CT molecular complexity index is 559. The first-order valence-corrected chi connectivity index (χ1v) is 6.44. The van der Waals surface area contributed by atoms with Crippen LogP contribution in [0.4, 0.5) is 5.69 Å². The van der Waals surface area contributed by atoms with Crippen molar-refractivity contribution in [2.45, 2.75) is 33.1 Å². The van der Waals surface area contributed by atoms with Gasteiger partial charge in [0.05, 0.1) is 12.7 Å². The van der Waals surface area contributed by atoms with E-state index in [9.17, 15) is 4.79 Å². The summed E-state index contributed by atoms with van der Waals surface area (Å²) in [7, 11) is 0. The van der Waals surface area contributed by atoms with Crippen molar-refractivity contribution in [3.8, 4) is 0 Å². The second-order valence-corrected chi connectivity index (χ2v) is 5.00. The maximum Gasteiger partial charge on any atom is 0.230 e. The molecule has 1 aromatic heterocycles. The molecule has 1 aromatic carbocycles. The molecule has 19 heavy (non-hydrogen) atoms. The van der Waals surface area contributed by atoms with E-state index in [1.165, 1.54) is 0 Å². The topological polar surface area (TPSA) is 57.8 Å². The minimum Gasteiger partial charge on any atom is -0.348 e. The third kappa shape index (κ3) is 3.22. The van der Waals surface area contributed by atoms with Gasteiger partial charge in [-0.15, -0.1) is 0 Å². The molecule has 4 heteroatoms. The lowest BCUT2D eigenvalue weighted by atomic mass is 9.98. The number of imidazole rings is 1. The van der Waals surface area contributed by atoms with Crippen molar-refractivity contribution in [3.05, 3.63) is 47.5 Å². The Morgan fingerprint density at radius 2 is 2.21 bits per heavy atom. The molecular weight excluding hydrogens is 238 g/mol. The Balaban J connectivity index is 2.16. The Hall–Kier alpha value is -2.10. The van der Waals surface area contributed by atoms with Crippen molar-refractivity contribution < 1.29 is 4.79 Å². The van der Waals surface area contributed by atoms with Crippen molar-refractivity contribution in [1.29, 1.82) is 0 Å². The molecule has 1 amide bonds. The molecule has 0 saturated heterocycles. The van der Waals surface area contributed by atoms with Gasteiger partial charge in [-0.2, -0.15) is 0 Å². The fourth-order valence-corrected chi connectivity index (χ4v) is 2.08. The first kappa shape index (κ1) is 13.3. The van der Waals surface area contributed by atoms with Gasteiger partial charge in [0.15, 0.2) is 0 Å². The number of nitrogens with zero attached hydrogens (tertiary/aromatic N) is 1. The standard InChI is InChI=1S/C15H19N3O/c1-10(2)13-6-4-5-11(3)15(13)18-14(19)7-12-8-16-9-17-12/h4-6,8-10H,7H2,1-3H3,(H,16,17)(H,18,19). The Kier molecular flexibility index (Phi) is 4.00. The number of hydrogen-bond donors (Lipinski definition) is 2. The molecule has 0 atom stereocenters. The quantitative estimate of drug-likeness (QED) is 0.884. The molecule has 0 spiro atoms. The molecule has 2 rings (SSSR count). The summed E-state index contributed by atoms with van der Waals surface area (Å²) in [5.41, 5.74) is 4.00. The number of aryl methyl sites for hydroxylation is 1. The van der Waals surface area contributed by atoms with E-state index in [4.69, 9.17) is 0 Å². The number of nitrogens with one attached hydrogen (secondary N) is 2. The Labute approximate surface area is 113 Å². The van der Waals surface area contributed by atoms with Crippen LogP contribution >= 0.6 is 0 Å². The van der Waals surface area contributed by atoms with Crippen LogP contribution in [0, 0.1) is 6.92 Å². The van der Waals surface area contributed by atoms with E-state index >= 15 is 0 Å². The largest absolute Gasteiger partial charge is 0.348 e. The van der Waals surface area contributed by atoms with Crippen LogP contribution in [0.15, 0.2) is 30.7 Å². The first-order valence-electron chi connectivity index (χ1n) is 6.44. The monoisotopic (exact) mass is 257 g/mol. The molecule has 0 aliphatic rings. The van der Waals surface area contributed by atoms with E-state index < -0.39 is 0 Å². The van der Waals surface area contributed by atoms with Gasteiger partial charge in [-0.05, 0) is 24.0 Å². The lowest BCUT2D eigenvalue weighted by Gasteiger charge is -2.16. The van der Waals surface area contributed by atoms with Crippen molar-refractivity contribution in [2.75, 3.05) is 5.32 Å². The summed E-state index contributed by atoms with van der Waals surface area (Å²) in [4.78, 5) is 18.9. The van der Waals surface area contributed by atoms with Gasteiger partial charge in [0.2, 0.25) is 5.91 Å². The number of aromatic amines is 1. The highest BCUT2D eigenvalue weighted by Gasteiger charge is 2.12. The lowest BCUT2D eigenvalue weighted by Crippen LogP contribution is -2.17. The average molecular weight is 257 g/mol. The van der Waals surface area contributed by atoms with Crippen LogP contribution in [-0.2, 0) is 11.2 Å². The fraction of sp³-hybridized carbons (Fsp3) is 0.333. The van der Waals surface area contributed by atoms with Gasteiger partial charge in [0, 0.05) is 17.6 Å². The smallest absolute Gasteiger partial charge is 0.230 e. The number of anilines is 1. The first-order chi connectivity index (χ1) is 9.08. The number of rotatable bonds is 4. The van der Waals surface area contributed by atoms with E-state index in [1.54, 1.807) is 12.5 Å². The highest BCUT2D eigenvalue weighted by atomic mass is 16.1. The SMILES string of the molecule is Cc1cccc(C(C)C)c1NC(=O)Cc1cnc[nH]1. The predicted octanol–water partition coefficient (Wildman–Crippen LogP) is 3.02. The van der Waals surface area contributed by atoms with Gasteiger partial charge in [-0.3, -0.25) is 4.79 Å². The van der Waals surface area contributed by atoms with Gasteiger partial charge in [-0.25, -0.2) is 4.98 Å². The van der Waals surface area contributed by atoms with E-state index in [-0.39, 0.29) is 5.91 Å². The molecular formula is C15H19N3O. The van der Waals surface area contributed by atoms with Gasteiger partial charge < -0.3 is 10.3 Å². The van der Waals surface area contributed by atoms with E-state index in [0.717, 1.165) is 22.5 Å². The second kappa shape index (κ2) is 5.69. The highest BCUT2D eigenvalue weighted by Crippen LogP contribution is 2.27. The van der Waals surface area contributed by atoms with Crippen LogP contribution in [0.1, 0.15) is 36.6 Å². The van der Waals surface area contributed by atoms with Crippen molar-refractivity contribution in [1.82, 2.24) is 9.97 Å². The zero-order valence-electron chi connectivity index (χ0n) is 11.5. The number of carbonyl (C=O) groups is 1. The number of hydrogen-bond acceptors (Lipinski definition) is 2. The molecule has 0 aliphatic heterocycles. The number of H-pyrrole nitrogens is 1. The van der Waals surface area contributed by atoms with Gasteiger partial charge in [0.1, 0.15) is 0 Å². The van der Waals surface area contributed by atoms with Crippen molar-refractivity contribution in [3.63, 3.8) is 0 Å². The minimum absolute atomic E-state index is 0.0274. The third-order valence-electron chi connectivity index (χ3n) is 3.10. The number of amides is 1. The van der Waals surface area contributed by atoms with E-state index in [2.05, 4.69) is 35.2 Å². The predicted molar refractivity (Wildman–Crippen MR) is 76.2 cm³/mol. The number of aromatic nitrogens is 2. The van der Waals surface area contributed by atoms with Crippen LogP contribution in [0.2, 0.25) is 0 Å². The number of para-hydroxylation sites is 1. The fourth-order valence-electron chi connectivity index (χ4n) is 2.08. The Morgan fingerprint density at radius 1 is 1.42 bits per heavy atom. The summed E-state index contributed by atoms with van der Waals surface area (Å²) in [6.45, 7) is 6.26. The molecule has 0 unspecified atom stereocenters. The molecule has 0 saturated carbocycles. The van der Waals surface area contributed by atoms with Crippen LogP contribution < -0.4 is 5.32 Å². The summed E-state index contributed by atoms with van der Waals surface area (Å²) in [5, 5.41) is 3.01. The third-order valence-corrected chi connectivity index (χ3v) is 3.10. The van der Waals surface area contributed by atoms with E-state index in [0.29, 0.717) is 12.3 Å². The zero-order valence-corrected chi connectivity index (χ0v) is 11.5. The zero-order chi connectivity index (χ0) is 13.8. The summed E-state index contributed by atoms with van der Waals surface area (Å²) >= 11 is 0. The number of benzene rings is 1. The van der Waals surface area contributed by atoms with Gasteiger partial charge in [-0.1, -0.05) is 32.0 Å². The Morgan fingerprint density at radius 3 is 2.84 bits per heavy atom. The lowest BCUT2D eigenvalue weighted by molar-refractivity contribution is -0.115. The van der Waals surface area contributed by atoms with Gasteiger partial charge >= 0.3 is 0 Å². The van der Waals surface area contributed by atoms with Crippen molar-refractivity contribution in [2.24, 2.45) is 0 Å². The maximum absolute atomic E-state index is 12.0. The van der Waals surface area contributed by atoms with Gasteiger partial charge in [0.25, 0.3) is 0 Å². The minimum atomic E-state index is -0.0274. The molecule has 2 aromatic rings. The molecule has 100 valence electrons. The summed E-state index contributed by atoms with van der Waals surface area (Å²) in [6.07, 6.45) is 3.56. The molecule has 0 fully saturated rings. The van der Waals surface area contributed by atoms with Crippen LogP contribution in [0.25, 0.3) is 0 Å². The molecule has 2 N–H and O–H groups in total. The summed E-state index contributed by atoms with van der Waals surface area (Å²) in [6, 6.07) is 6.09. The van der Waals surface area contributed by atoms with E-state index in [1.807, 2.05) is 19.1 Å². The molecule has 0 radical (unpaired) electrons. The second-order valence-electron chi connectivity index (χ2n) is 5.00. The van der Waals surface area contributed by atoms with Crippen LogP contribution in [0.5, 0.6) is 0 Å². The van der Waals surface area contributed by atoms with Crippen molar-refractivity contribution >= 4 is 11.6 Å². The normalized spacial score (nSPS) is 10.7. The van der Waals surface area contributed by atoms with Crippen LogP contribution in [-0.4, -0.2) is 15.9 Å². The average Bonchev–Trinajstić information content (AvgIpc) is 2.84. The number of carbonyl (C=O) groups excluding carboxylic acids is 1. The highest BCUT2D eigenvalue weighted by molar-refractivity contribution is 5.93. The molecule has 0 aliphatic carbocycles. The maximum atomic E-state index is 12.0. The van der Waals surface area contributed by atoms with Crippen LogP contribution in [0.3, 0.4) is 0 Å². The summed E-state index contributed by atoms with van der Waals surface area (Å²) < 4.78 is 0. The molecule has 1 heterocycles.